The summed E-state index contributed by atoms with van der Waals surface area (Å²) in [5, 5.41) is 5.54. The number of benzene rings is 1. The van der Waals surface area contributed by atoms with Gasteiger partial charge in [-0.3, -0.25) is 0 Å². The fraction of sp³-hybridized carbons (Fsp3) is 0.562. The molecule has 2 amide bonds. The molecule has 0 saturated carbocycles. The number of hydrogen-bond acceptors (Lipinski definition) is 4. The van der Waals surface area contributed by atoms with Gasteiger partial charge in [0, 0.05) is 19.8 Å². The van der Waals surface area contributed by atoms with E-state index in [1.54, 1.807) is 7.11 Å². The first-order valence-electron chi connectivity index (χ1n) is 7.57. The summed E-state index contributed by atoms with van der Waals surface area (Å²) >= 11 is 0. The molecule has 0 bridgehead atoms. The summed E-state index contributed by atoms with van der Waals surface area (Å²) < 4.78 is 15.9. The van der Waals surface area contributed by atoms with E-state index < -0.39 is 6.29 Å². The Bertz CT molecular complexity index is 434. The second-order valence-electron chi connectivity index (χ2n) is 4.58. The highest BCUT2D eigenvalue weighted by Crippen LogP contribution is 2.12. The Morgan fingerprint density at radius 1 is 1.18 bits per heavy atom. The van der Waals surface area contributed by atoms with Crippen LogP contribution < -0.4 is 15.4 Å². The Balaban J connectivity index is 2.24. The fourth-order valence-electron chi connectivity index (χ4n) is 1.92. The van der Waals surface area contributed by atoms with E-state index in [0.717, 1.165) is 17.7 Å². The molecule has 0 aliphatic carbocycles. The van der Waals surface area contributed by atoms with Crippen LogP contribution in [0.5, 0.6) is 5.75 Å². The van der Waals surface area contributed by atoms with Crippen molar-refractivity contribution >= 4 is 6.03 Å². The van der Waals surface area contributed by atoms with Crippen LogP contribution in [0.4, 0.5) is 4.79 Å². The molecule has 2 N–H and O–H groups in total. The Hall–Kier alpha value is -1.79. The third-order valence-corrected chi connectivity index (χ3v) is 2.97. The van der Waals surface area contributed by atoms with Gasteiger partial charge in [-0.15, -0.1) is 0 Å². The van der Waals surface area contributed by atoms with Crippen LogP contribution in [-0.4, -0.2) is 45.7 Å². The normalized spacial score (nSPS) is 10.5. The van der Waals surface area contributed by atoms with Crippen molar-refractivity contribution in [1.29, 1.82) is 0 Å². The molecule has 6 nitrogen and oxygen atoms in total. The molecule has 1 aromatic rings. The molecule has 0 unspecified atom stereocenters. The van der Waals surface area contributed by atoms with E-state index in [1.165, 1.54) is 0 Å². The van der Waals surface area contributed by atoms with Gasteiger partial charge >= 0.3 is 6.03 Å². The van der Waals surface area contributed by atoms with Gasteiger partial charge in [0.1, 0.15) is 5.75 Å². The average Bonchev–Trinajstić information content (AvgIpc) is 2.53. The SMILES string of the molecule is CCOC(CNC(=O)NCCc1cccc(OC)c1)OCC. The third kappa shape index (κ3) is 7.28. The highest BCUT2D eigenvalue weighted by molar-refractivity contribution is 5.73. The monoisotopic (exact) mass is 310 g/mol. The number of nitrogens with one attached hydrogen (secondary N) is 2. The molecule has 1 aromatic carbocycles. The van der Waals surface area contributed by atoms with Gasteiger partial charge < -0.3 is 24.8 Å². The van der Waals surface area contributed by atoms with Crippen LogP contribution in [0.2, 0.25) is 0 Å². The molecule has 6 heteroatoms. The summed E-state index contributed by atoms with van der Waals surface area (Å²) in [6.07, 6.45) is 0.337. The standard InChI is InChI=1S/C16H26N2O4/c1-4-21-15(22-5-2)12-18-16(19)17-10-9-13-7-6-8-14(11-13)20-3/h6-8,11,15H,4-5,9-10,12H2,1-3H3,(H2,17,18,19). The van der Waals surface area contributed by atoms with Crippen molar-refractivity contribution in [2.24, 2.45) is 0 Å². The van der Waals surface area contributed by atoms with E-state index in [1.807, 2.05) is 38.1 Å². The molecule has 0 heterocycles. The smallest absolute Gasteiger partial charge is 0.314 e. The fourth-order valence-corrected chi connectivity index (χ4v) is 1.92. The first-order chi connectivity index (χ1) is 10.7. The van der Waals surface area contributed by atoms with Crippen molar-refractivity contribution in [3.8, 4) is 5.75 Å². The van der Waals surface area contributed by atoms with E-state index in [2.05, 4.69) is 10.6 Å². The van der Waals surface area contributed by atoms with Gasteiger partial charge in [0.15, 0.2) is 6.29 Å². The Morgan fingerprint density at radius 3 is 2.55 bits per heavy atom. The molecule has 1 rings (SSSR count). The quantitative estimate of drug-likeness (QED) is 0.648. The van der Waals surface area contributed by atoms with Gasteiger partial charge in [0.2, 0.25) is 0 Å². The van der Waals surface area contributed by atoms with Gasteiger partial charge in [0.25, 0.3) is 0 Å². The van der Waals surface area contributed by atoms with Crippen molar-refractivity contribution in [2.45, 2.75) is 26.6 Å². The van der Waals surface area contributed by atoms with Gasteiger partial charge in [-0.2, -0.15) is 0 Å². The maximum atomic E-state index is 11.7. The zero-order valence-electron chi connectivity index (χ0n) is 13.6. The highest BCUT2D eigenvalue weighted by Gasteiger charge is 2.09. The lowest BCUT2D eigenvalue weighted by molar-refractivity contribution is -0.131. The largest absolute Gasteiger partial charge is 0.497 e. The molecule has 22 heavy (non-hydrogen) atoms. The molecule has 0 fully saturated rings. The molecular formula is C16H26N2O4. The zero-order chi connectivity index (χ0) is 16.2. The van der Waals surface area contributed by atoms with E-state index in [4.69, 9.17) is 14.2 Å². The topological polar surface area (TPSA) is 68.8 Å². The lowest BCUT2D eigenvalue weighted by Crippen LogP contribution is -2.42. The van der Waals surface area contributed by atoms with Gasteiger partial charge in [-0.25, -0.2) is 4.79 Å². The molecule has 0 aliphatic heterocycles. The van der Waals surface area contributed by atoms with E-state index in [9.17, 15) is 4.79 Å². The van der Waals surface area contributed by atoms with Crippen LogP contribution in [0.25, 0.3) is 0 Å². The second kappa shape index (κ2) is 10.9. The maximum absolute atomic E-state index is 11.7. The molecule has 0 aliphatic rings. The number of carbonyl (C=O) groups excluding carboxylic acids is 1. The molecule has 124 valence electrons. The number of hydrogen-bond donors (Lipinski definition) is 2. The van der Waals surface area contributed by atoms with Crippen LogP contribution in [0.15, 0.2) is 24.3 Å². The molecular weight excluding hydrogens is 284 g/mol. The van der Waals surface area contributed by atoms with E-state index >= 15 is 0 Å². The number of ether oxygens (including phenoxy) is 3. The van der Waals surface area contributed by atoms with Gasteiger partial charge in [0.05, 0.1) is 13.7 Å². The molecule has 0 saturated heterocycles. The molecule has 0 radical (unpaired) electrons. The van der Waals surface area contributed by atoms with Crippen molar-refractivity contribution in [3.63, 3.8) is 0 Å². The average molecular weight is 310 g/mol. The Kier molecular flexibility index (Phi) is 9.02. The minimum atomic E-state index is -0.404. The van der Waals surface area contributed by atoms with Crippen molar-refractivity contribution in [3.05, 3.63) is 29.8 Å². The number of methoxy groups -OCH3 is 1. The van der Waals surface area contributed by atoms with Crippen molar-refractivity contribution in [1.82, 2.24) is 10.6 Å². The first-order valence-corrected chi connectivity index (χ1v) is 7.57. The maximum Gasteiger partial charge on any atom is 0.314 e. The third-order valence-electron chi connectivity index (χ3n) is 2.97. The van der Waals surface area contributed by atoms with Crippen LogP contribution in [0.3, 0.4) is 0 Å². The number of amides is 2. The number of urea groups is 1. The number of rotatable bonds is 10. The number of carbonyl (C=O) groups is 1. The van der Waals surface area contributed by atoms with Crippen LogP contribution >= 0.6 is 0 Å². The molecule has 0 spiro atoms. The lowest BCUT2D eigenvalue weighted by atomic mass is 10.1. The Morgan fingerprint density at radius 2 is 1.91 bits per heavy atom. The van der Waals surface area contributed by atoms with Crippen molar-refractivity contribution < 1.29 is 19.0 Å². The summed E-state index contributed by atoms with van der Waals surface area (Å²) in [4.78, 5) is 11.7. The highest BCUT2D eigenvalue weighted by atomic mass is 16.7. The summed E-state index contributed by atoms with van der Waals surface area (Å²) in [5.74, 6) is 0.818. The second-order valence-corrected chi connectivity index (χ2v) is 4.58. The van der Waals surface area contributed by atoms with Crippen molar-refractivity contribution in [2.75, 3.05) is 33.4 Å². The minimum absolute atomic E-state index is 0.229. The van der Waals surface area contributed by atoms with Crippen LogP contribution in [-0.2, 0) is 15.9 Å². The first kappa shape index (κ1) is 18.3. The van der Waals surface area contributed by atoms with E-state index in [-0.39, 0.29) is 6.03 Å². The predicted octanol–water partition coefficient (Wildman–Crippen LogP) is 1.94. The summed E-state index contributed by atoms with van der Waals surface area (Å²) in [6.45, 7) is 5.74. The Labute approximate surface area is 132 Å². The van der Waals surface area contributed by atoms with E-state index in [0.29, 0.717) is 26.3 Å². The summed E-state index contributed by atoms with van der Waals surface area (Å²) in [6, 6.07) is 7.56. The van der Waals surface area contributed by atoms with Crippen LogP contribution in [0.1, 0.15) is 19.4 Å². The minimum Gasteiger partial charge on any atom is -0.497 e. The molecule has 0 aromatic heterocycles. The molecule has 0 atom stereocenters. The van der Waals surface area contributed by atoms with Crippen LogP contribution in [0, 0.1) is 0 Å². The van der Waals surface area contributed by atoms with Gasteiger partial charge in [-0.1, -0.05) is 12.1 Å². The van der Waals surface area contributed by atoms with Gasteiger partial charge in [-0.05, 0) is 38.0 Å². The predicted molar refractivity (Wildman–Crippen MR) is 85.1 cm³/mol. The zero-order valence-corrected chi connectivity index (χ0v) is 13.6. The lowest BCUT2D eigenvalue weighted by Gasteiger charge is -2.17. The summed E-state index contributed by atoms with van der Waals surface area (Å²) in [7, 11) is 1.64. The summed E-state index contributed by atoms with van der Waals surface area (Å²) in [5.41, 5.74) is 1.11.